The van der Waals surface area contributed by atoms with Crippen LogP contribution in [0.1, 0.15) is 11.4 Å². The lowest BCUT2D eigenvalue weighted by molar-refractivity contribution is -0.132. The van der Waals surface area contributed by atoms with Gasteiger partial charge in [-0.15, -0.1) is 0 Å². The molecular formula is C22H23F2N5O2. The number of rotatable bonds is 6. The van der Waals surface area contributed by atoms with Crippen LogP contribution < -0.4 is 10.5 Å². The number of hydrogen-bond acceptors (Lipinski definition) is 6. The minimum Gasteiger partial charge on any atom is -0.435 e. The van der Waals surface area contributed by atoms with Crippen molar-refractivity contribution in [3.8, 4) is 5.75 Å². The van der Waals surface area contributed by atoms with Gasteiger partial charge in [-0.2, -0.15) is 8.78 Å². The van der Waals surface area contributed by atoms with Crippen LogP contribution in [-0.4, -0.2) is 58.5 Å². The van der Waals surface area contributed by atoms with Crippen LogP contribution in [-0.2, 0) is 17.8 Å². The highest BCUT2D eigenvalue weighted by atomic mass is 19.3. The number of amides is 1. The maximum atomic E-state index is 12.6. The summed E-state index contributed by atoms with van der Waals surface area (Å²) < 4.78 is 28.8. The molecule has 1 aliphatic heterocycles. The number of halogens is 2. The van der Waals surface area contributed by atoms with Crippen molar-refractivity contribution in [1.29, 1.82) is 0 Å². The Bertz CT molecular complexity index is 1050. The van der Waals surface area contributed by atoms with Crippen molar-refractivity contribution in [1.82, 2.24) is 19.8 Å². The lowest BCUT2D eigenvalue weighted by Gasteiger charge is -2.34. The highest BCUT2D eigenvalue weighted by molar-refractivity contribution is 5.87. The summed E-state index contributed by atoms with van der Waals surface area (Å²) in [5.74, 6) is 1.23. The molecule has 4 rings (SSSR count). The molecule has 1 fully saturated rings. The van der Waals surface area contributed by atoms with Gasteiger partial charge in [0.05, 0.1) is 18.5 Å². The second-order valence-electron chi connectivity index (χ2n) is 7.40. The topological polar surface area (TPSA) is 84.6 Å². The standard InChI is InChI=1S/C22H23F2N5O2/c23-22(24)31-16-7-5-15(6-8-16)13-20(30)29-11-9-28(10-12-29)14-19-26-18-4-2-1-3-17(18)21(25)27-19/h1-8,22H,9-14H2,(H2,25,26,27). The molecule has 2 N–H and O–H groups in total. The van der Waals surface area contributed by atoms with Gasteiger partial charge in [-0.1, -0.05) is 24.3 Å². The minimum atomic E-state index is -2.86. The number of piperazine rings is 1. The number of nitrogen functional groups attached to an aromatic ring is 1. The van der Waals surface area contributed by atoms with Crippen molar-refractivity contribution in [2.75, 3.05) is 31.9 Å². The Kier molecular flexibility index (Phi) is 6.22. The molecule has 0 bridgehead atoms. The van der Waals surface area contributed by atoms with Crippen molar-refractivity contribution in [3.63, 3.8) is 0 Å². The number of nitrogens with two attached hydrogens (primary N) is 1. The fraction of sp³-hybridized carbons (Fsp3) is 0.318. The second-order valence-corrected chi connectivity index (χ2v) is 7.40. The quantitative estimate of drug-likeness (QED) is 0.651. The SMILES string of the molecule is Nc1nc(CN2CCN(C(=O)Cc3ccc(OC(F)F)cc3)CC2)nc2ccccc12. The number of hydrogen-bond donors (Lipinski definition) is 1. The van der Waals surface area contributed by atoms with Crippen LogP contribution in [0.3, 0.4) is 0 Å². The highest BCUT2D eigenvalue weighted by Crippen LogP contribution is 2.19. The molecule has 2 heterocycles. The summed E-state index contributed by atoms with van der Waals surface area (Å²) in [4.78, 5) is 25.6. The number of fused-ring (bicyclic) bond motifs is 1. The zero-order valence-electron chi connectivity index (χ0n) is 16.9. The van der Waals surface area contributed by atoms with E-state index in [1.54, 1.807) is 12.1 Å². The summed E-state index contributed by atoms with van der Waals surface area (Å²) in [6.07, 6.45) is 0.222. The van der Waals surface area contributed by atoms with Crippen molar-refractivity contribution in [3.05, 3.63) is 59.9 Å². The minimum absolute atomic E-state index is 0.00776. The Balaban J connectivity index is 1.30. The number of anilines is 1. The third-order valence-corrected chi connectivity index (χ3v) is 5.27. The molecule has 162 valence electrons. The molecule has 2 aromatic carbocycles. The fourth-order valence-corrected chi connectivity index (χ4v) is 3.65. The number of carbonyl (C=O) groups excluding carboxylic acids is 1. The first-order valence-electron chi connectivity index (χ1n) is 10.0. The van der Waals surface area contributed by atoms with Gasteiger partial charge < -0.3 is 15.4 Å². The molecule has 0 unspecified atom stereocenters. The van der Waals surface area contributed by atoms with Crippen LogP contribution in [0.5, 0.6) is 5.75 Å². The summed E-state index contributed by atoms with van der Waals surface area (Å²) in [6, 6.07) is 13.8. The Morgan fingerprint density at radius 1 is 1.03 bits per heavy atom. The predicted molar refractivity (Wildman–Crippen MR) is 113 cm³/mol. The first-order chi connectivity index (χ1) is 15.0. The molecule has 1 aromatic heterocycles. The van der Waals surface area contributed by atoms with Crippen LogP contribution in [0.2, 0.25) is 0 Å². The fourth-order valence-electron chi connectivity index (χ4n) is 3.65. The number of benzene rings is 2. The summed E-state index contributed by atoms with van der Waals surface area (Å²) >= 11 is 0. The molecule has 1 saturated heterocycles. The Labute approximate surface area is 178 Å². The average molecular weight is 427 g/mol. The Morgan fingerprint density at radius 3 is 2.45 bits per heavy atom. The maximum absolute atomic E-state index is 12.6. The molecule has 1 amide bonds. The normalized spacial score (nSPS) is 14.9. The predicted octanol–water partition coefficient (Wildman–Crippen LogP) is 2.70. The summed E-state index contributed by atoms with van der Waals surface area (Å²) in [7, 11) is 0. The van der Waals surface area contributed by atoms with Crippen LogP contribution >= 0.6 is 0 Å². The van der Waals surface area contributed by atoms with Gasteiger partial charge in [0.1, 0.15) is 17.4 Å². The van der Waals surface area contributed by atoms with Crippen molar-refractivity contribution < 1.29 is 18.3 Å². The number of carbonyl (C=O) groups is 1. The van der Waals surface area contributed by atoms with Gasteiger partial charge in [0.25, 0.3) is 0 Å². The van der Waals surface area contributed by atoms with Gasteiger partial charge in [0, 0.05) is 31.6 Å². The number of para-hydroxylation sites is 1. The van der Waals surface area contributed by atoms with E-state index in [0.717, 1.165) is 16.5 Å². The van der Waals surface area contributed by atoms with E-state index in [0.29, 0.717) is 44.4 Å². The van der Waals surface area contributed by atoms with Crippen molar-refractivity contribution in [2.24, 2.45) is 0 Å². The Morgan fingerprint density at radius 2 is 1.74 bits per heavy atom. The Hall–Kier alpha value is -3.33. The van der Waals surface area contributed by atoms with Gasteiger partial charge in [-0.25, -0.2) is 9.97 Å². The highest BCUT2D eigenvalue weighted by Gasteiger charge is 2.22. The van der Waals surface area contributed by atoms with E-state index < -0.39 is 6.61 Å². The molecule has 31 heavy (non-hydrogen) atoms. The number of ether oxygens (including phenoxy) is 1. The molecule has 0 saturated carbocycles. The van der Waals surface area contributed by atoms with Gasteiger partial charge in [-0.3, -0.25) is 9.69 Å². The number of alkyl halides is 2. The van der Waals surface area contributed by atoms with E-state index in [1.165, 1.54) is 12.1 Å². The van der Waals surface area contributed by atoms with Crippen LogP contribution in [0, 0.1) is 0 Å². The van der Waals surface area contributed by atoms with Crippen LogP contribution in [0.15, 0.2) is 48.5 Å². The van der Waals surface area contributed by atoms with Gasteiger partial charge in [-0.05, 0) is 29.8 Å². The van der Waals surface area contributed by atoms with Crippen molar-refractivity contribution >= 4 is 22.6 Å². The van der Waals surface area contributed by atoms with E-state index in [4.69, 9.17) is 5.73 Å². The van der Waals surface area contributed by atoms with E-state index in [-0.39, 0.29) is 18.1 Å². The molecule has 7 nitrogen and oxygen atoms in total. The molecular weight excluding hydrogens is 404 g/mol. The first-order valence-corrected chi connectivity index (χ1v) is 10.0. The molecule has 0 radical (unpaired) electrons. The average Bonchev–Trinajstić information content (AvgIpc) is 2.75. The zero-order valence-corrected chi connectivity index (χ0v) is 16.9. The summed E-state index contributed by atoms with van der Waals surface area (Å²) in [5, 5.41) is 0.843. The third-order valence-electron chi connectivity index (χ3n) is 5.27. The van der Waals surface area contributed by atoms with E-state index in [1.807, 2.05) is 29.2 Å². The van der Waals surface area contributed by atoms with Gasteiger partial charge in [0.2, 0.25) is 5.91 Å². The lowest BCUT2D eigenvalue weighted by atomic mass is 10.1. The molecule has 0 aliphatic carbocycles. The van der Waals surface area contributed by atoms with E-state index in [9.17, 15) is 13.6 Å². The van der Waals surface area contributed by atoms with Crippen molar-refractivity contribution in [2.45, 2.75) is 19.6 Å². The molecule has 9 heteroatoms. The summed E-state index contributed by atoms with van der Waals surface area (Å²) in [6.45, 7) is 0.345. The lowest BCUT2D eigenvalue weighted by Crippen LogP contribution is -2.48. The third kappa shape index (κ3) is 5.24. The second kappa shape index (κ2) is 9.22. The van der Waals surface area contributed by atoms with Crippen LogP contribution in [0.25, 0.3) is 10.9 Å². The van der Waals surface area contributed by atoms with Crippen LogP contribution in [0.4, 0.5) is 14.6 Å². The molecule has 0 spiro atoms. The van der Waals surface area contributed by atoms with Gasteiger partial charge in [0.15, 0.2) is 0 Å². The smallest absolute Gasteiger partial charge is 0.387 e. The number of nitrogens with zero attached hydrogens (tertiary/aromatic N) is 4. The molecule has 3 aromatic rings. The number of aromatic nitrogens is 2. The van der Waals surface area contributed by atoms with Gasteiger partial charge >= 0.3 is 6.61 Å². The molecule has 0 atom stereocenters. The first kappa shape index (κ1) is 20.9. The zero-order chi connectivity index (χ0) is 21.8. The van der Waals surface area contributed by atoms with E-state index >= 15 is 0 Å². The largest absolute Gasteiger partial charge is 0.435 e. The molecule has 1 aliphatic rings. The monoisotopic (exact) mass is 427 g/mol. The summed E-state index contributed by atoms with van der Waals surface area (Å²) in [5.41, 5.74) is 7.64. The maximum Gasteiger partial charge on any atom is 0.387 e. The van der Waals surface area contributed by atoms with E-state index in [2.05, 4.69) is 19.6 Å².